The number of esters is 1. The monoisotopic (exact) mass is 361 g/mol. The number of carbonyl (C=O) groups is 2. The third-order valence-corrected chi connectivity index (χ3v) is 4.47. The van der Waals surface area contributed by atoms with E-state index in [0.29, 0.717) is 18.9 Å². The number of ether oxygens (including phenoxy) is 2. The molecule has 0 radical (unpaired) electrons. The fourth-order valence-electron chi connectivity index (χ4n) is 2.40. The lowest BCUT2D eigenvalue weighted by Gasteiger charge is -2.19. The third kappa shape index (κ3) is 4.48. The van der Waals surface area contributed by atoms with Crippen molar-refractivity contribution in [2.75, 3.05) is 31.6 Å². The van der Waals surface area contributed by atoms with E-state index in [1.807, 2.05) is 23.6 Å². The van der Waals surface area contributed by atoms with E-state index in [-0.39, 0.29) is 18.9 Å². The van der Waals surface area contributed by atoms with Crippen LogP contribution in [0.3, 0.4) is 0 Å². The highest BCUT2D eigenvalue weighted by molar-refractivity contribution is 7.13. The van der Waals surface area contributed by atoms with Crippen molar-refractivity contribution in [3.8, 4) is 16.3 Å². The Hall–Kier alpha value is -2.61. The predicted octanol–water partition coefficient (Wildman–Crippen LogP) is 1.84. The number of hydrogen-bond acceptors (Lipinski definition) is 7. The molecule has 0 unspecified atom stereocenters. The SMILES string of the molecule is CCOC(=O)CNC(=O)Cc1csc(-c2ccc3c(c2)NCCO3)n1. The lowest BCUT2D eigenvalue weighted by molar-refractivity contribution is -0.143. The maximum atomic E-state index is 11.9. The van der Waals surface area contributed by atoms with Crippen LogP contribution in [0.15, 0.2) is 23.6 Å². The zero-order chi connectivity index (χ0) is 17.6. The molecule has 0 saturated carbocycles. The zero-order valence-electron chi connectivity index (χ0n) is 13.8. The van der Waals surface area contributed by atoms with Gasteiger partial charge in [-0.15, -0.1) is 11.3 Å². The van der Waals surface area contributed by atoms with Gasteiger partial charge in [0.25, 0.3) is 0 Å². The van der Waals surface area contributed by atoms with Gasteiger partial charge in [0.05, 0.1) is 24.4 Å². The van der Waals surface area contributed by atoms with E-state index in [2.05, 4.69) is 15.6 Å². The van der Waals surface area contributed by atoms with Gasteiger partial charge in [-0.2, -0.15) is 0 Å². The van der Waals surface area contributed by atoms with Gasteiger partial charge in [-0.1, -0.05) is 0 Å². The van der Waals surface area contributed by atoms with E-state index >= 15 is 0 Å². The van der Waals surface area contributed by atoms with Gasteiger partial charge in [-0.05, 0) is 25.1 Å². The molecule has 2 heterocycles. The van der Waals surface area contributed by atoms with Crippen molar-refractivity contribution < 1.29 is 19.1 Å². The van der Waals surface area contributed by atoms with Crippen LogP contribution < -0.4 is 15.4 Å². The Labute approximate surface area is 149 Å². The van der Waals surface area contributed by atoms with Gasteiger partial charge in [0.1, 0.15) is 23.9 Å². The van der Waals surface area contributed by atoms with Gasteiger partial charge in [0.15, 0.2) is 0 Å². The van der Waals surface area contributed by atoms with Gasteiger partial charge in [-0.25, -0.2) is 4.98 Å². The van der Waals surface area contributed by atoms with Crippen LogP contribution in [0.4, 0.5) is 5.69 Å². The van der Waals surface area contributed by atoms with Crippen LogP contribution in [0.25, 0.3) is 10.6 Å². The number of nitrogens with one attached hydrogen (secondary N) is 2. The van der Waals surface area contributed by atoms with Crippen molar-refractivity contribution in [2.24, 2.45) is 0 Å². The van der Waals surface area contributed by atoms with Crippen molar-refractivity contribution in [1.29, 1.82) is 0 Å². The first kappa shape index (κ1) is 17.2. The van der Waals surface area contributed by atoms with Gasteiger partial charge >= 0.3 is 5.97 Å². The summed E-state index contributed by atoms with van der Waals surface area (Å²) in [5.41, 5.74) is 2.59. The van der Waals surface area contributed by atoms with Gasteiger partial charge in [0.2, 0.25) is 5.91 Å². The summed E-state index contributed by atoms with van der Waals surface area (Å²) in [5, 5.41) is 8.51. The Kier molecular flexibility index (Phi) is 5.49. The first-order chi connectivity index (χ1) is 12.2. The molecule has 0 atom stereocenters. The molecule has 132 valence electrons. The average molecular weight is 361 g/mol. The molecule has 1 amide bonds. The molecule has 1 aromatic carbocycles. The molecular formula is C17H19N3O4S. The predicted molar refractivity (Wildman–Crippen MR) is 94.9 cm³/mol. The topological polar surface area (TPSA) is 89.5 Å². The van der Waals surface area contributed by atoms with Crippen molar-refractivity contribution >= 4 is 28.9 Å². The second-order valence-electron chi connectivity index (χ2n) is 5.39. The normalized spacial score (nSPS) is 12.5. The summed E-state index contributed by atoms with van der Waals surface area (Å²) < 4.78 is 10.3. The number of hydrogen-bond donors (Lipinski definition) is 2. The van der Waals surface area contributed by atoms with Crippen molar-refractivity contribution in [1.82, 2.24) is 10.3 Å². The fraction of sp³-hybridized carbons (Fsp3) is 0.353. The zero-order valence-corrected chi connectivity index (χ0v) is 14.6. The molecule has 0 bridgehead atoms. The molecule has 0 spiro atoms. The van der Waals surface area contributed by atoms with Crippen molar-refractivity contribution in [2.45, 2.75) is 13.3 Å². The van der Waals surface area contributed by atoms with E-state index in [0.717, 1.165) is 28.6 Å². The van der Waals surface area contributed by atoms with E-state index in [9.17, 15) is 9.59 Å². The molecule has 1 aromatic heterocycles. The molecule has 3 rings (SSSR count). The summed E-state index contributed by atoms with van der Waals surface area (Å²) in [6.45, 7) is 3.33. The first-order valence-corrected chi connectivity index (χ1v) is 8.91. The van der Waals surface area contributed by atoms with E-state index in [1.54, 1.807) is 6.92 Å². The molecule has 0 aliphatic carbocycles. The number of carbonyl (C=O) groups excluding carboxylic acids is 2. The summed E-state index contributed by atoms with van der Waals surface area (Å²) in [7, 11) is 0. The average Bonchev–Trinajstić information content (AvgIpc) is 3.08. The number of fused-ring (bicyclic) bond motifs is 1. The quantitative estimate of drug-likeness (QED) is 0.763. The third-order valence-electron chi connectivity index (χ3n) is 3.53. The maximum Gasteiger partial charge on any atom is 0.325 e. The highest BCUT2D eigenvalue weighted by Crippen LogP contribution is 2.33. The molecule has 7 nitrogen and oxygen atoms in total. The highest BCUT2D eigenvalue weighted by atomic mass is 32.1. The molecule has 0 saturated heterocycles. The Morgan fingerprint density at radius 3 is 3.16 bits per heavy atom. The van der Waals surface area contributed by atoms with Gasteiger partial charge in [0, 0.05) is 17.5 Å². The number of amides is 1. The Morgan fingerprint density at radius 1 is 1.44 bits per heavy atom. The second kappa shape index (κ2) is 7.98. The molecule has 2 aromatic rings. The smallest absolute Gasteiger partial charge is 0.325 e. The highest BCUT2D eigenvalue weighted by Gasteiger charge is 2.14. The molecule has 0 fully saturated rings. The Balaban J connectivity index is 1.60. The summed E-state index contributed by atoms with van der Waals surface area (Å²) in [4.78, 5) is 27.6. The number of aromatic nitrogens is 1. The van der Waals surface area contributed by atoms with Crippen LogP contribution in [-0.4, -0.2) is 43.2 Å². The van der Waals surface area contributed by atoms with Gasteiger partial charge < -0.3 is 20.1 Å². The second-order valence-corrected chi connectivity index (χ2v) is 6.25. The minimum atomic E-state index is -0.446. The maximum absolute atomic E-state index is 11.9. The van der Waals surface area contributed by atoms with Gasteiger partial charge in [-0.3, -0.25) is 9.59 Å². The lowest BCUT2D eigenvalue weighted by atomic mass is 10.2. The molecule has 1 aliphatic heterocycles. The van der Waals surface area contributed by atoms with Crippen molar-refractivity contribution in [3.05, 3.63) is 29.3 Å². The number of rotatable bonds is 6. The molecule has 2 N–H and O–H groups in total. The fourth-order valence-corrected chi connectivity index (χ4v) is 3.22. The summed E-state index contributed by atoms with van der Waals surface area (Å²) in [6, 6.07) is 5.87. The number of nitrogens with zero attached hydrogens (tertiary/aromatic N) is 1. The largest absolute Gasteiger partial charge is 0.490 e. The molecular weight excluding hydrogens is 342 g/mol. The molecule has 8 heteroatoms. The van der Waals surface area contributed by atoms with Crippen LogP contribution in [0.2, 0.25) is 0 Å². The van der Waals surface area contributed by atoms with Crippen LogP contribution in [-0.2, 0) is 20.7 Å². The van der Waals surface area contributed by atoms with Crippen molar-refractivity contribution in [3.63, 3.8) is 0 Å². The first-order valence-electron chi connectivity index (χ1n) is 8.03. The standard InChI is InChI=1S/C17H19N3O4S/c1-2-23-16(22)9-19-15(21)8-12-10-25-17(20-12)11-3-4-14-13(7-11)18-5-6-24-14/h3-4,7,10,18H,2,5-6,8-9H2,1H3,(H,19,21). The number of anilines is 1. The Morgan fingerprint density at radius 2 is 2.32 bits per heavy atom. The van der Waals surface area contributed by atoms with Crippen LogP contribution in [0, 0.1) is 0 Å². The number of thiazole rings is 1. The Bertz CT molecular complexity index is 775. The lowest BCUT2D eigenvalue weighted by Crippen LogP contribution is -2.31. The summed E-state index contributed by atoms with van der Waals surface area (Å²) >= 11 is 1.48. The molecule has 25 heavy (non-hydrogen) atoms. The van der Waals surface area contributed by atoms with Crippen LogP contribution in [0.5, 0.6) is 5.75 Å². The van der Waals surface area contributed by atoms with Crippen LogP contribution in [0.1, 0.15) is 12.6 Å². The van der Waals surface area contributed by atoms with Crippen LogP contribution >= 0.6 is 11.3 Å². The minimum Gasteiger partial charge on any atom is -0.490 e. The van der Waals surface area contributed by atoms with E-state index in [4.69, 9.17) is 9.47 Å². The van der Waals surface area contributed by atoms with E-state index in [1.165, 1.54) is 11.3 Å². The minimum absolute atomic E-state index is 0.125. The number of benzene rings is 1. The summed E-state index contributed by atoms with van der Waals surface area (Å²) in [5.74, 6) is 0.133. The van der Waals surface area contributed by atoms with E-state index < -0.39 is 5.97 Å². The summed E-state index contributed by atoms with van der Waals surface area (Å²) in [6.07, 6.45) is 0.127. The molecule has 1 aliphatic rings.